The van der Waals surface area contributed by atoms with Crippen LogP contribution in [0.3, 0.4) is 0 Å². The Hall–Kier alpha value is -0.650. The number of methoxy groups -OCH3 is 2. The largest absolute Gasteiger partial charge is 0.469 e. The molecule has 15 heavy (non-hydrogen) atoms. The lowest BCUT2D eigenvalue weighted by Crippen LogP contribution is -2.47. The minimum atomic E-state index is -0.573. The predicted molar refractivity (Wildman–Crippen MR) is 54.4 cm³/mol. The molecule has 0 aromatic heterocycles. The summed E-state index contributed by atoms with van der Waals surface area (Å²) in [4.78, 5) is 13.5. The maximum Gasteiger partial charge on any atom is 0.312 e. The second-order valence-corrected chi connectivity index (χ2v) is 3.78. The first-order valence-electron chi connectivity index (χ1n) is 5.16. The van der Waals surface area contributed by atoms with Gasteiger partial charge in [0.15, 0.2) is 0 Å². The number of esters is 1. The first-order valence-corrected chi connectivity index (χ1v) is 5.16. The third-order valence-corrected chi connectivity index (χ3v) is 2.78. The SMILES string of the molecule is COCCN1CC[C@H](O)[C@@H](C(=O)OC)C1. The molecular formula is C10H19NO4. The van der Waals surface area contributed by atoms with E-state index in [1.54, 1.807) is 7.11 Å². The van der Waals surface area contributed by atoms with Crippen LogP contribution in [0.1, 0.15) is 6.42 Å². The number of aliphatic hydroxyl groups is 1. The van der Waals surface area contributed by atoms with E-state index in [2.05, 4.69) is 9.64 Å². The number of hydrogen-bond acceptors (Lipinski definition) is 5. The Morgan fingerprint density at radius 2 is 2.27 bits per heavy atom. The molecule has 1 saturated heterocycles. The Morgan fingerprint density at radius 3 is 2.87 bits per heavy atom. The van der Waals surface area contributed by atoms with Gasteiger partial charge in [0.1, 0.15) is 0 Å². The van der Waals surface area contributed by atoms with Crippen LogP contribution >= 0.6 is 0 Å². The number of nitrogens with zero attached hydrogens (tertiary/aromatic N) is 1. The summed E-state index contributed by atoms with van der Waals surface area (Å²) in [6, 6.07) is 0. The number of likely N-dealkylation sites (tertiary alicyclic amines) is 1. The van der Waals surface area contributed by atoms with E-state index in [1.807, 2.05) is 0 Å². The third kappa shape index (κ3) is 3.44. The maximum atomic E-state index is 11.4. The molecule has 0 saturated carbocycles. The van der Waals surface area contributed by atoms with Gasteiger partial charge in [-0.25, -0.2) is 0 Å². The van der Waals surface area contributed by atoms with Gasteiger partial charge in [0.05, 0.1) is 25.7 Å². The van der Waals surface area contributed by atoms with Crippen molar-refractivity contribution >= 4 is 5.97 Å². The standard InChI is InChI=1S/C10H19NO4/c1-14-6-5-11-4-3-9(12)8(7-11)10(13)15-2/h8-9,12H,3-7H2,1-2H3/t8-,9-/m0/s1. The molecule has 1 fully saturated rings. The Bertz CT molecular complexity index is 208. The van der Waals surface area contributed by atoms with Crippen molar-refractivity contribution in [1.82, 2.24) is 4.90 Å². The van der Waals surface area contributed by atoms with Crippen molar-refractivity contribution in [3.8, 4) is 0 Å². The van der Waals surface area contributed by atoms with Gasteiger partial charge in [-0.1, -0.05) is 0 Å². The fourth-order valence-corrected chi connectivity index (χ4v) is 1.81. The number of piperidine rings is 1. The van der Waals surface area contributed by atoms with Crippen LogP contribution in [0.25, 0.3) is 0 Å². The average molecular weight is 217 g/mol. The van der Waals surface area contributed by atoms with E-state index in [9.17, 15) is 9.90 Å². The molecular weight excluding hydrogens is 198 g/mol. The smallest absolute Gasteiger partial charge is 0.312 e. The molecule has 0 amide bonds. The van der Waals surface area contributed by atoms with Crippen molar-refractivity contribution in [3.63, 3.8) is 0 Å². The maximum absolute atomic E-state index is 11.4. The molecule has 0 unspecified atom stereocenters. The second kappa shape index (κ2) is 6.05. The average Bonchev–Trinajstić information content (AvgIpc) is 2.27. The molecule has 1 heterocycles. The minimum Gasteiger partial charge on any atom is -0.469 e. The van der Waals surface area contributed by atoms with Crippen molar-refractivity contribution in [2.45, 2.75) is 12.5 Å². The van der Waals surface area contributed by atoms with E-state index in [-0.39, 0.29) is 5.97 Å². The van der Waals surface area contributed by atoms with Crippen LogP contribution in [0.5, 0.6) is 0 Å². The van der Waals surface area contributed by atoms with E-state index in [0.29, 0.717) is 19.6 Å². The monoisotopic (exact) mass is 217 g/mol. The van der Waals surface area contributed by atoms with Crippen molar-refractivity contribution in [2.75, 3.05) is 40.5 Å². The molecule has 0 aromatic rings. The number of rotatable bonds is 4. The first-order chi connectivity index (χ1) is 7.19. The molecule has 1 rings (SSSR count). The number of hydrogen-bond donors (Lipinski definition) is 1. The molecule has 1 aliphatic rings. The van der Waals surface area contributed by atoms with Gasteiger partial charge in [0.2, 0.25) is 0 Å². The highest BCUT2D eigenvalue weighted by atomic mass is 16.5. The van der Waals surface area contributed by atoms with Gasteiger partial charge in [0, 0.05) is 26.7 Å². The summed E-state index contributed by atoms with van der Waals surface area (Å²) >= 11 is 0. The molecule has 0 aliphatic carbocycles. The molecule has 1 N–H and O–H groups in total. The van der Waals surface area contributed by atoms with E-state index < -0.39 is 12.0 Å². The van der Waals surface area contributed by atoms with Gasteiger partial charge in [-0.15, -0.1) is 0 Å². The lowest BCUT2D eigenvalue weighted by Gasteiger charge is -2.34. The molecule has 1 aliphatic heterocycles. The van der Waals surface area contributed by atoms with Crippen molar-refractivity contribution in [1.29, 1.82) is 0 Å². The van der Waals surface area contributed by atoms with Crippen LogP contribution in [0.4, 0.5) is 0 Å². The normalized spacial score (nSPS) is 27.7. The van der Waals surface area contributed by atoms with Crippen molar-refractivity contribution < 1.29 is 19.4 Å². The Balaban J connectivity index is 2.44. The van der Waals surface area contributed by atoms with Gasteiger partial charge in [0.25, 0.3) is 0 Å². The van der Waals surface area contributed by atoms with Gasteiger partial charge >= 0.3 is 5.97 Å². The highest BCUT2D eigenvalue weighted by Crippen LogP contribution is 2.18. The zero-order valence-corrected chi connectivity index (χ0v) is 9.31. The summed E-state index contributed by atoms with van der Waals surface area (Å²) < 4.78 is 9.63. The topological polar surface area (TPSA) is 59.0 Å². The summed E-state index contributed by atoms with van der Waals surface area (Å²) in [5, 5.41) is 9.65. The highest BCUT2D eigenvalue weighted by molar-refractivity contribution is 5.73. The van der Waals surface area contributed by atoms with Gasteiger partial charge in [-0.05, 0) is 6.42 Å². The molecule has 0 bridgehead atoms. The molecule has 88 valence electrons. The summed E-state index contributed by atoms with van der Waals surface area (Å²) in [5.41, 5.74) is 0. The van der Waals surface area contributed by atoms with Crippen LogP contribution in [0.15, 0.2) is 0 Å². The molecule has 5 heteroatoms. The number of carbonyl (C=O) groups excluding carboxylic acids is 1. The van der Waals surface area contributed by atoms with E-state index in [1.165, 1.54) is 7.11 Å². The summed E-state index contributed by atoms with van der Waals surface area (Å²) in [6.45, 7) is 2.79. The minimum absolute atomic E-state index is 0.329. The van der Waals surface area contributed by atoms with Gasteiger partial charge in [-0.3, -0.25) is 9.69 Å². The Kier molecular flexibility index (Phi) is 5.01. The molecule has 0 spiro atoms. The summed E-state index contributed by atoms with van der Waals surface area (Å²) in [5.74, 6) is -0.745. The summed E-state index contributed by atoms with van der Waals surface area (Å²) in [6.07, 6.45) is 0.0416. The van der Waals surface area contributed by atoms with E-state index in [0.717, 1.165) is 13.1 Å². The molecule has 5 nitrogen and oxygen atoms in total. The number of carbonyl (C=O) groups is 1. The van der Waals surface area contributed by atoms with Crippen LogP contribution in [0.2, 0.25) is 0 Å². The first kappa shape index (κ1) is 12.4. The van der Waals surface area contributed by atoms with Gasteiger partial charge < -0.3 is 14.6 Å². The van der Waals surface area contributed by atoms with Gasteiger partial charge in [-0.2, -0.15) is 0 Å². The predicted octanol–water partition coefficient (Wildman–Crippen LogP) is -0.511. The quantitative estimate of drug-likeness (QED) is 0.643. The van der Waals surface area contributed by atoms with E-state index >= 15 is 0 Å². The summed E-state index contributed by atoms with van der Waals surface area (Å²) in [7, 11) is 3.00. The fraction of sp³-hybridized carbons (Fsp3) is 0.900. The van der Waals surface area contributed by atoms with Crippen molar-refractivity contribution in [3.05, 3.63) is 0 Å². The fourth-order valence-electron chi connectivity index (χ4n) is 1.81. The lowest BCUT2D eigenvalue weighted by molar-refractivity contribution is -0.152. The van der Waals surface area contributed by atoms with Crippen LogP contribution in [-0.2, 0) is 14.3 Å². The molecule has 2 atom stereocenters. The number of ether oxygens (including phenoxy) is 2. The van der Waals surface area contributed by atoms with Crippen LogP contribution < -0.4 is 0 Å². The zero-order chi connectivity index (χ0) is 11.3. The second-order valence-electron chi connectivity index (χ2n) is 3.78. The lowest BCUT2D eigenvalue weighted by atomic mass is 9.95. The molecule has 0 aromatic carbocycles. The Morgan fingerprint density at radius 1 is 1.53 bits per heavy atom. The number of aliphatic hydroxyl groups excluding tert-OH is 1. The van der Waals surface area contributed by atoms with Crippen LogP contribution in [-0.4, -0.2) is 62.5 Å². The third-order valence-electron chi connectivity index (χ3n) is 2.78. The highest BCUT2D eigenvalue weighted by Gasteiger charge is 2.33. The van der Waals surface area contributed by atoms with Crippen LogP contribution in [0, 0.1) is 5.92 Å². The van der Waals surface area contributed by atoms with E-state index in [4.69, 9.17) is 4.74 Å². The van der Waals surface area contributed by atoms with Crippen molar-refractivity contribution in [2.24, 2.45) is 5.92 Å². The Labute approximate surface area is 90.0 Å². The zero-order valence-electron chi connectivity index (χ0n) is 9.31. The molecule has 0 radical (unpaired) electrons.